The number of sulfonamides is 1. The van der Waals surface area contributed by atoms with E-state index in [4.69, 9.17) is 5.73 Å². The van der Waals surface area contributed by atoms with Gasteiger partial charge in [0.2, 0.25) is 0 Å². The van der Waals surface area contributed by atoms with Gasteiger partial charge in [-0.05, 0) is 18.9 Å². The maximum atomic E-state index is 12.3. The molecule has 9 nitrogen and oxygen atoms in total. The Morgan fingerprint density at radius 2 is 1.96 bits per heavy atom. The van der Waals surface area contributed by atoms with E-state index in [1.807, 2.05) is 31.2 Å². The van der Waals surface area contributed by atoms with Gasteiger partial charge in [0.25, 0.3) is 10.0 Å². The van der Waals surface area contributed by atoms with Crippen LogP contribution in [0.15, 0.2) is 33.5 Å². The van der Waals surface area contributed by atoms with Gasteiger partial charge in [-0.15, -0.1) is 0 Å². The van der Waals surface area contributed by atoms with Gasteiger partial charge in [-0.3, -0.25) is 4.57 Å². The molecule has 0 unspecified atom stereocenters. The number of nitrogens with two attached hydrogens (primary N) is 1. The Morgan fingerprint density at radius 1 is 1.26 bits per heavy atom. The van der Waals surface area contributed by atoms with Gasteiger partial charge in [-0.2, -0.15) is 4.40 Å². The van der Waals surface area contributed by atoms with Crippen LogP contribution >= 0.6 is 0 Å². The van der Waals surface area contributed by atoms with E-state index < -0.39 is 10.0 Å². The molecule has 1 aromatic carbocycles. The third-order valence-electron chi connectivity index (χ3n) is 3.92. The number of benzene rings is 1. The van der Waals surface area contributed by atoms with E-state index in [0.717, 1.165) is 17.3 Å². The van der Waals surface area contributed by atoms with Crippen LogP contribution in [0.4, 0.5) is 5.82 Å². The number of rotatable bonds is 6. The molecule has 0 spiro atoms. The number of aryl methyl sites for hydroxylation is 1. The van der Waals surface area contributed by atoms with E-state index in [0.29, 0.717) is 24.1 Å². The molecule has 0 saturated carbocycles. The molecule has 0 aliphatic heterocycles. The number of aromatic amines is 1. The van der Waals surface area contributed by atoms with Gasteiger partial charge in [0.1, 0.15) is 5.52 Å². The number of H-pyrrole nitrogens is 1. The molecular weight excluding hydrogens is 368 g/mol. The summed E-state index contributed by atoms with van der Waals surface area (Å²) in [6, 6.07) is 7.75. The molecule has 0 aliphatic rings. The number of hydrogen-bond acceptors (Lipinski definition) is 6. The van der Waals surface area contributed by atoms with Gasteiger partial charge < -0.3 is 10.7 Å². The summed E-state index contributed by atoms with van der Waals surface area (Å²) in [7, 11) is -3.58. The maximum absolute atomic E-state index is 12.3. The predicted molar refractivity (Wildman–Crippen MR) is 105 cm³/mol. The Labute approximate surface area is 156 Å². The Bertz CT molecular complexity index is 1160. The highest BCUT2D eigenvalue weighted by atomic mass is 32.2. The molecule has 3 rings (SSSR count). The van der Waals surface area contributed by atoms with Gasteiger partial charge >= 0.3 is 5.69 Å². The minimum atomic E-state index is -3.58. The van der Waals surface area contributed by atoms with Gasteiger partial charge in [0, 0.05) is 0 Å². The second kappa shape index (κ2) is 7.31. The van der Waals surface area contributed by atoms with E-state index >= 15 is 0 Å². The van der Waals surface area contributed by atoms with Gasteiger partial charge in [0.05, 0.1) is 18.5 Å². The zero-order valence-corrected chi connectivity index (χ0v) is 15.8. The molecule has 142 valence electrons. The quantitative estimate of drug-likeness (QED) is 0.609. The molecule has 0 fully saturated rings. The number of anilines is 1. The highest BCUT2D eigenvalue weighted by Crippen LogP contribution is 2.15. The zero-order valence-electron chi connectivity index (χ0n) is 15.0. The highest BCUT2D eigenvalue weighted by molar-refractivity contribution is 7.90. The molecule has 0 saturated heterocycles. The van der Waals surface area contributed by atoms with Crippen LogP contribution in [0.5, 0.6) is 0 Å². The molecule has 0 bridgehead atoms. The summed E-state index contributed by atoms with van der Waals surface area (Å²) in [5.41, 5.74) is 8.16. The monoisotopic (exact) mass is 388 g/mol. The van der Waals surface area contributed by atoms with Crippen LogP contribution in [-0.4, -0.2) is 39.9 Å². The first-order valence-corrected chi connectivity index (χ1v) is 9.99. The van der Waals surface area contributed by atoms with E-state index in [-0.39, 0.29) is 23.1 Å². The maximum Gasteiger partial charge on any atom is 0.328 e. The van der Waals surface area contributed by atoms with Gasteiger partial charge in [-0.25, -0.2) is 23.2 Å². The molecule has 2 aromatic heterocycles. The van der Waals surface area contributed by atoms with Crippen molar-refractivity contribution in [2.45, 2.75) is 26.8 Å². The van der Waals surface area contributed by atoms with E-state index in [2.05, 4.69) is 19.3 Å². The fourth-order valence-corrected chi connectivity index (χ4v) is 3.46. The molecule has 0 amide bonds. The van der Waals surface area contributed by atoms with Crippen LogP contribution < -0.4 is 11.4 Å². The topological polar surface area (TPSA) is 136 Å². The second-order valence-electron chi connectivity index (χ2n) is 6.19. The molecule has 10 heteroatoms. The number of fused-ring (bicyclic) bond motifs is 1. The third-order valence-corrected chi connectivity index (χ3v) is 5.27. The van der Waals surface area contributed by atoms with Crippen LogP contribution in [0.25, 0.3) is 11.2 Å². The number of nitrogen functional groups attached to an aromatic ring is 1. The van der Waals surface area contributed by atoms with E-state index in [1.165, 1.54) is 4.57 Å². The molecule has 3 N–H and O–H groups in total. The number of nitrogens with one attached hydrogen (secondary N) is 1. The molecule has 0 aliphatic carbocycles. The molecular formula is C17H20N6O3S. The lowest BCUT2D eigenvalue weighted by atomic mass is 10.1. The van der Waals surface area contributed by atoms with Crippen molar-refractivity contribution in [3.8, 4) is 0 Å². The standard InChI is InChI=1S/C17H20N6O3S/c1-3-8-27(25,26)19-9-13-20-15(18)14-16(21-13)23(17(24)22-14)10-12-6-4-11(2)5-7-12/h4-7,9H,3,8,10H2,1-2H3,(H,22,24)(H2,18,20,21). The number of nitrogens with zero attached hydrogens (tertiary/aromatic N) is 4. The summed E-state index contributed by atoms with van der Waals surface area (Å²) >= 11 is 0. The lowest BCUT2D eigenvalue weighted by Gasteiger charge is -2.05. The van der Waals surface area contributed by atoms with Crippen LogP contribution in [0.2, 0.25) is 0 Å². The fourth-order valence-electron chi connectivity index (χ4n) is 2.59. The van der Waals surface area contributed by atoms with Gasteiger partial charge in [0.15, 0.2) is 17.3 Å². The normalized spacial score (nSPS) is 12.2. The van der Waals surface area contributed by atoms with Crippen LogP contribution in [0, 0.1) is 6.92 Å². The number of imidazole rings is 1. The average Bonchev–Trinajstić information content (AvgIpc) is 2.92. The number of hydrogen-bond donors (Lipinski definition) is 2. The van der Waals surface area contributed by atoms with Crippen molar-refractivity contribution < 1.29 is 8.42 Å². The summed E-state index contributed by atoms with van der Waals surface area (Å²) in [6.45, 7) is 4.02. The molecule has 0 atom stereocenters. The van der Waals surface area contributed by atoms with Crippen LogP contribution in [0.3, 0.4) is 0 Å². The van der Waals surface area contributed by atoms with Crippen molar-refractivity contribution in [3.05, 3.63) is 51.7 Å². The first kappa shape index (κ1) is 18.8. The first-order valence-electron chi connectivity index (χ1n) is 8.38. The van der Waals surface area contributed by atoms with Crippen molar-refractivity contribution in [3.63, 3.8) is 0 Å². The molecule has 27 heavy (non-hydrogen) atoms. The summed E-state index contributed by atoms with van der Waals surface area (Å²) in [4.78, 5) is 23.2. The Morgan fingerprint density at radius 3 is 2.63 bits per heavy atom. The summed E-state index contributed by atoms with van der Waals surface area (Å²) in [5, 5.41) is 0. The lowest BCUT2D eigenvalue weighted by Crippen LogP contribution is -2.18. The average molecular weight is 388 g/mol. The zero-order chi connectivity index (χ0) is 19.6. The fraction of sp³-hybridized carbons (Fsp3) is 0.294. The summed E-state index contributed by atoms with van der Waals surface area (Å²) in [5.74, 6) is 0.00851. The summed E-state index contributed by atoms with van der Waals surface area (Å²) < 4.78 is 28.5. The number of aromatic nitrogens is 4. The smallest absolute Gasteiger partial charge is 0.328 e. The minimum Gasteiger partial charge on any atom is -0.382 e. The van der Waals surface area contributed by atoms with Crippen molar-refractivity contribution in [1.29, 1.82) is 0 Å². The largest absolute Gasteiger partial charge is 0.382 e. The Kier molecular flexibility index (Phi) is 5.08. The van der Waals surface area contributed by atoms with Crippen molar-refractivity contribution in [1.82, 2.24) is 19.5 Å². The molecule has 3 aromatic rings. The third kappa shape index (κ3) is 4.22. The van der Waals surface area contributed by atoms with Crippen LogP contribution in [0.1, 0.15) is 30.3 Å². The highest BCUT2D eigenvalue weighted by Gasteiger charge is 2.14. The Balaban J connectivity index is 2.04. The van der Waals surface area contributed by atoms with Gasteiger partial charge in [-0.1, -0.05) is 36.8 Å². The van der Waals surface area contributed by atoms with E-state index in [9.17, 15) is 13.2 Å². The van der Waals surface area contributed by atoms with Crippen molar-refractivity contribution in [2.75, 3.05) is 11.5 Å². The van der Waals surface area contributed by atoms with Crippen molar-refractivity contribution >= 4 is 33.2 Å². The predicted octanol–water partition coefficient (Wildman–Crippen LogP) is 1.22. The second-order valence-corrected chi connectivity index (χ2v) is 7.97. The molecule has 2 heterocycles. The molecule has 0 radical (unpaired) electrons. The van der Waals surface area contributed by atoms with E-state index in [1.54, 1.807) is 6.92 Å². The first-order chi connectivity index (χ1) is 12.8. The Hall–Kier alpha value is -3.01. The van der Waals surface area contributed by atoms with Crippen molar-refractivity contribution in [2.24, 2.45) is 4.40 Å². The SMILES string of the molecule is CCCS(=O)(=O)N=Cc1nc(N)c2[nH]c(=O)n(Cc3ccc(C)cc3)c2n1. The summed E-state index contributed by atoms with van der Waals surface area (Å²) in [6.07, 6.45) is 1.50. The minimum absolute atomic E-state index is 0.0244. The lowest BCUT2D eigenvalue weighted by molar-refractivity contribution is 0.597. The van der Waals surface area contributed by atoms with Crippen LogP contribution in [-0.2, 0) is 16.6 Å².